The summed E-state index contributed by atoms with van der Waals surface area (Å²) in [7, 11) is 0. The van der Waals surface area contributed by atoms with Gasteiger partial charge in [0.15, 0.2) is 18.2 Å². The number of Topliss-reactive ketones (excluding diaryl/α,β-unsaturated/α-hetero) is 1. The van der Waals surface area contributed by atoms with E-state index < -0.39 is 11.6 Å². The van der Waals surface area contributed by atoms with Crippen molar-refractivity contribution in [2.24, 2.45) is 0 Å². The minimum Gasteiger partial charge on any atom is -0.481 e. The molecular formula is C12H6BrClF2O2S. The highest BCUT2D eigenvalue weighted by Gasteiger charge is 2.14. The number of hydrogen-bond donors (Lipinski definition) is 0. The third-order valence-electron chi connectivity index (χ3n) is 2.16. The molecule has 0 N–H and O–H groups in total. The quantitative estimate of drug-likeness (QED) is 0.732. The molecule has 0 saturated carbocycles. The molecule has 0 saturated heterocycles. The molecule has 2 rings (SSSR count). The summed E-state index contributed by atoms with van der Waals surface area (Å²) >= 11 is 9.79. The van der Waals surface area contributed by atoms with Gasteiger partial charge in [-0.3, -0.25) is 4.79 Å². The Morgan fingerprint density at radius 3 is 2.68 bits per heavy atom. The van der Waals surface area contributed by atoms with E-state index in [-0.39, 0.29) is 22.6 Å². The molecule has 1 aromatic carbocycles. The lowest BCUT2D eigenvalue weighted by atomic mass is 10.3. The van der Waals surface area contributed by atoms with E-state index in [1.165, 1.54) is 0 Å². The molecule has 1 aromatic heterocycles. The van der Waals surface area contributed by atoms with Crippen LogP contribution in [0.25, 0.3) is 0 Å². The maximum absolute atomic E-state index is 13.4. The summed E-state index contributed by atoms with van der Waals surface area (Å²) in [6.07, 6.45) is 0. The third kappa shape index (κ3) is 3.52. The number of hydrogen-bond acceptors (Lipinski definition) is 3. The number of benzene rings is 1. The first kappa shape index (κ1) is 14.4. The van der Waals surface area contributed by atoms with Gasteiger partial charge in [-0.05, 0) is 34.1 Å². The third-order valence-corrected chi connectivity index (χ3v) is 4.02. The molecule has 100 valence electrons. The van der Waals surface area contributed by atoms with Gasteiger partial charge in [-0.1, -0.05) is 11.6 Å². The molecular weight excluding hydrogens is 362 g/mol. The molecule has 0 unspecified atom stereocenters. The molecule has 1 heterocycles. The first-order chi connectivity index (χ1) is 8.97. The Balaban J connectivity index is 2.09. The fraction of sp³-hybridized carbons (Fsp3) is 0.0833. The smallest absolute Gasteiger partial charge is 0.210 e. The molecule has 2 nitrogen and oxygen atoms in total. The molecule has 0 spiro atoms. The van der Waals surface area contributed by atoms with Gasteiger partial charge in [-0.25, -0.2) is 8.78 Å². The number of carbonyl (C=O) groups excluding carboxylic acids is 1. The SMILES string of the molecule is O=C(COc1c(F)cc(F)cc1Br)c1ccc(Cl)s1. The molecule has 2 aromatic rings. The van der Waals surface area contributed by atoms with Crippen LogP contribution in [-0.4, -0.2) is 12.4 Å². The summed E-state index contributed by atoms with van der Waals surface area (Å²) in [5.74, 6) is -2.12. The van der Waals surface area contributed by atoms with Gasteiger partial charge in [0, 0.05) is 6.07 Å². The molecule has 19 heavy (non-hydrogen) atoms. The maximum Gasteiger partial charge on any atom is 0.210 e. The zero-order chi connectivity index (χ0) is 14.0. The Labute approximate surface area is 125 Å². The minimum absolute atomic E-state index is 0.113. The first-order valence-corrected chi connectivity index (χ1v) is 7.02. The van der Waals surface area contributed by atoms with E-state index in [4.69, 9.17) is 16.3 Å². The highest BCUT2D eigenvalue weighted by molar-refractivity contribution is 9.10. The van der Waals surface area contributed by atoms with Crippen molar-refractivity contribution in [3.05, 3.63) is 49.6 Å². The van der Waals surface area contributed by atoms with Gasteiger partial charge in [0.1, 0.15) is 5.82 Å². The topological polar surface area (TPSA) is 26.3 Å². The van der Waals surface area contributed by atoms with Crippen molar-refractivity contribution < 1.29 is 18.3 Å². The number of ketones is 1. The second-order valence-electron chi connectivity index (χ2n) is 3.51. The average Bonchev–Trinajstić information content (AvgIpc) is 2.74. The minimum atomic E-state index is -0.871. The molecule has 0 aliphatic heterocycles. The maximum atomic E-state index is 13.4. The van der Waals surface area contributed by atoms with Crippen molar-refractivity contribution in [3.63, 3.8) is 0 Å². The second-order valence-corrected chi connectivity index (χ2v) is 6.08. The van der Waals surface area contributed by atoms with Crippen LogP contribution in [0.4, 0.5) is 8.78 Å². The van der Waals surface area contributed by atoms with Crippen LogP contribution in [0.1, 0.15) is 9.67 Å². The fourth-order valence-electron chi connectivity index (χ4n) is 1.34. The Bertz CT molecular complexity index is 607. The van der Waals surface area contributed by atoms with E-state index in [0.717, 1.165) is 17.4 Å². The van der Waals surface area contributed by atoms with Crippen molar-refractivity contribution in [3.8, 4) is 5.75 Å². The van der Waals surface area contributed by atoms with Crippen LogP contribution >= 0.6 is 38.9 Å². The van der Waals surface area contributed by atoms with Crippen LogP contribution in [-0.2, 0) is 0 Å². The van der Waals surface area contributed by atoms with Crippen molar-refractivity contribution >= 4 is 44.7 Å². The van der Waals surface area contributed by atoms with Gasteiger partial charge in [-0.2, -0.15) is 0 Å². The van der Waals surface area contributed by atoms with Crippen molar-refractivity contribution in [2.75, 3.05) is 6.61 Å². The number of rotatable bonds is 4. The van der Waals surface area contributed by atoms with Crippen LogP contribution in [0.15, 0.2) is 28.7 Å². The molecule has 0 aliphatic carbocycles. The number of carbonyl (C=O) groups is 1. The molecule has 7 heteroatoms. The Morgan fingerprint density at radius 1 is 1.37 bits per heavy atom. The fourth-order valence-corrected chi connectivity index (χ4v) is 2.83. The molecule has 0 radical (unpaired) electrons. The predicted molar refractivity (Wildman–Crippen MR) is 73.2 cm³/mol. The standard InChI is InChI=1S/C12H6BrClF2O2S/c13-7-3-6(15)4-8(16)12(7)18-5-9(17)10-1-2-11(14)19-10/h1-4H,5H2. The van der Waals surface area contributed by atoms with Gasteiger partial charge >= 0.3 is 0 Å². The van der Waals surface area contributed by atoms with Crippen LogP contribution < -0.4 is 4.74 Å². The number of thiophene rings is 1. The van der Waals surface area contributed by atoms with Gasteiger partial charge < -0.3 is 4.74 Å². The summed E-state index contributed by atoms with van der Waals surface area (Å²) in [4.78, 5) is 12.2. The molecule has 0 fully saturated rings. The summed E-state index contributed by atoms with van der Waals surface area (Å²) in [6.45, 7) is -0.349. The van der Waals surface area contributed by atoms with Crippen LogP contribution in [0.2, 0.25) is 4.34 Å². The summed E-state index contributed by atoms with van der Waals surface area (Å²) < 4.78 is 32.0. The summed E-state index contributed by atoms with van der Waals surface area (Å²) in [5, 5.41) is 0. The number of ether oxygens (including phenoxy) is 1. The van der Waals surface area contributed by atoms with Gasteiger partial charge in [0.25, 0.3) is 0 Å². The highest BCUT2D eigenvalue weighted by atomic mass is 79.9. The normalized spacial score (nSPS) is 10.5. The Hall–Kier alpha value is -0.980. The summed E-state index contributed by atoms with van der Waals surface area (Å²) in [5.41, 5.74) is 0. The Morgan fingerprint density at radius 2 is 2.11 bits per heavy atom. The lowest BCUT2D eigenvalue weighted by Gasteiger charge is -2.08. The van der Waals surface area contributed by atoms with E-state index in [1.807, 2.05) is 0 Å². The van der Waals surface area contributed by atoms with Crippen molar-refractivity contribution in [1.29, 1.82) is 0 Å². The van der Waals surface area contributed by atoms with E-state index in [0.29, 0.717) is 15.3 Å². The van der Waals surface area contributed by atoms with Crippen LogP contribution in [0.3, 0.4) is 0 Å². The molecule has 0 atom stereocenters. The largest absolute Gasteiger partial charge is 0.481 e. The van der Waals surface area contributed by atoms with E-state index >= 15 is 0 Å². The molecule has 0 amide bonds. The van der Waals surface area contributed by atoms with Gasteiger partial charge in [-0.15, -0.1) is 11.3 Å². The molecule has 0 bridgehead atoms. The van der Waals surface area contributed by atoms with Crippen molar-refractivity contribution in [2.45, 2.75) is 0 Å². The van der Waals surface area contributed by atoms with Gasteiger partial charge in [0.2, 0.25) is 5.78 Å². The van der Waals surface area contributed by atoms with E-state index in [1.54, 1.807) is 12.1 Å². The number of halogens is 4. The zero-order valence-corrected chi connectivity index (χ0v) is 12.4. The van der Waals surface area contributed by atoms with Gasteiger partial charge in [0.05, 0.1) is 13.7 Å². The predicted octanol–water partition coefficient (Wildman–Crippen LogP) is 4.70. The van der Waals surface area contributed by atoms with Crippen molar-refractivity contribution in [1.82, 2.24) is 0 Å². The highest BCUT2D eigenvalue weighted by Crippen LogP contribution is 2.29. The lowest BCUT2D eigenvalue weighted by Crippen LogP contribution is -2.11. The second kappa shape index (κ2) is 5.98. The monoisotopic (exact) mass is 366 g/mol. The molecule has 0 aliphatic rings. The van der Waals surface area contributed by atoms with E-state index in [9.17, 15) is 13.6 Å². The average molecular weight is 368 g/mol. The summed E-state index contributed by atoms with van der Waals surface area (Å²) in [6, 6.07) is 4.90. The first-order valence-electron chi connectivity index (χ1n) is 5.03. The zero-order valence-electron chi connectivity index (χ0n) is 9.25. The van der Waals surface area contributed by atoms with E-state index in [2.05, 4.69) is 15.9 Å². The Kier molecular flexibility index (Phi) is 4.54. The lowest BCUT2D eigenvalue weighted by molar-refractivity contribution is 0.0922. The van der Waals surface area contributed by atoms with Crippen LogP contribution in [0.5, 0.6) is 5.75 Å². The van der Waals surface area contributed by atoms with Crippen LogP contribution in [0, 0.1) is 11.6 Å².